The zero-order valence-electron chi connectivity index (χ0n) is 11.2. The van der Waals surface area contributed by atoms with Gasteiger partial charge in [-0.15, -0.1) is 0 Å². The summed E-state index contributed by atoms with van der Waals surface area (Å²) in [6.45, 7) is 3.05. The molecule has 1 atom stereocenters. The highest BCUT2D eigenvalue weighted by atomic mass is 16.3. The second kappa shape index (κ2) is 4.93. The molecule has 1 saturated carbocycles. The third-order valence-corrected chi connectivity index (χ3v) is 4.37. The number of rotatable bonds is 3. The molecule has 1 N–H and O–H groups in total. The lowest BCUT2D eigenvalue weighted by Gasteiger charge is -2.27. The lowest BCUT2D eigenvalue weighted by molar-refractivity contribution is 0.195. The third kappa shape index (κ3) is 2.26. The molecule has 18 heavy (non-hydrogen) atoms. The van der Waals surface area contributed by atoms with Gasteiger partial charge in [0, 0.05) is 18.3 Å². The zero-order valence-corrected chi connectivity index (χ0v) is 11.2. The van der Waals surface area contributed by atoms with E-state index in [2.05, 4.69) is 23.1 Å². The van der Waals surface area contributed by atoms with E-state index in [1.54, 1.807) is 0 Å². The molecular weight excluding hydrogens is 222 g/mol. The van der Waals surface area contributed by atoms with Crippen LogP contribution in [-0.2, 0) is 12.8 Å². The highest BCUT2D eigenvalue weighted by molar-refractivity contribution is 5.60. The van der Waals surface area contributed by atoms with Crippen molar-refractivity contribution < 1.29 is 5.11 Å². The Morgan fingerprint density at radius 2 is 2.11 bits per heavy atom. The Morgan fingerprint density at radius 3 is 2.83 bits per heavy atom. The molecule has 1 fully saturated rings. The first-order valence-electron chi connectivity index (χ1n) is 7.30. The van der Waals surface area contributed by atoms with Gasteiger partial charge < -0.3 is 10.0 Å². The second-order valence-corrected chi connectivity index (χ2v) is 5.90. The summed E-state index contributed by atoms with van der Waals surface area (Å²) in [5.74, 6) is 0. The van der Waals surface area contributed by atoms with Crippen molar-refractivity contribution in [1.29, 1.82) is 0 Å². The molecule has 3 rings (SSSR count). The number of aliphatic hydroxyl groups is 1. The minimum absolute atomic E-state index is 0.240. The van der Waals surface area contributed by atoms with Crippen LogP contribution < -0.4 is 4.90 Å². The fourth-order valence-corrected chi connectivity index (χ4v) is 3.54. The Hall–Kier alpha value is -1.02. The Labute approximate surface area is 110 Å². The van der Waals surface area contributed by atoms with Crippen LogP contribution in [0, 0.1) is 0 Å². The number of anilines is 1. The molecule has 0 saturated heterocycles. The van der Waals surface area contributed by atoms with E-state index in [1.807, 2.05) is 6.92 Å². The van der Waals surface area contributed by atoms with E-state index >= 15 is 0 Å². The summed E-state index contributed by atoms with van der Waals surface area (Å²) in [7, 11) is 0. The van der Waals surface area contributed by atoms with E-state index in [1.165, 1.54) is 55.5 Å². The highest BCUT2D eigenvalue weighted by Crippen LogP contribution is 2.35. The largest absolute Gasteiger partial charge is 0.393 e. The van der Waals surface area contributed by atoms with Crippen molar-refractivity contribution in [2.75, 3.05) is 11.4 Å². The molecule has 2 aliphatic rings. The van der Waals surface area contributed by atoms with Crippen LogP contribution in [0.5, 0.6) is 0 Å². The average Bonchev–Trinajstić information content (AvgIpc) is 2.94. The molecule has 1 aliphatic carbocycles. The smallest absolute Gasteiger partial charge is 0.0552 e. The van der Waals surface area contributed by atoms with E-state index in [4.69, 9.17) is 0 Å². The molecule has 0 spiro atoms. The normalized spacial score (nSPS) is 21.3. The van der Waals surface area contributed by atoms with Crippen LogP contribution in [0.15, 0.2) is 18.2 Å². The summed E-state index contributed by atoms with van der Waals surface area (Å²) in [6.07, 6.45) is 7.25. The minimum Gasteiger partial charge on any atom is -0.393 e. The van der Waals surface area contributed by atoms with Gasteiger partial charge in [0.2, 0.25) is 0 Å². The van der Waals surface area contributed by atoms with Crippen molar-refractivity contribution in [3.63, 3.8) is 0 Å². The fraction of sp³-hybridized carbons (Fsp3) is 0.625. The van der Waals surface area contributed by atoms with Crippen LogP contribution >= 0.6 is 0 Å². The molecular formula is C16H23NO. The van der Waals surface area contributed by atoms with Crippen molar-refractivity contribution in [2.24, 2.45) is 0 Å². The number of aliphatic hydroxyl groups excluding tert-OH is 1. The van der Waals surface area contributed by atoms with E-state index in [9.17, 15) is 5.11 Å². The first-order chi connectivity index (χ1) is 8.74. The van der Waals surface area contributed by atoms with E-state index in [-0.39, 0.29) is 6.10 Å². The molecule has 0 aromatic heterocycles. The lowest BCUT2D eigenvalue weighted by atomic mass is 10.0. The second-order valence-electron chi connectivity index (χ2n) is 5.90. The van der Waals surface area contributed by atoms with Crippen LogP contribution in [0.4, 0.5) is 5.69 Å². The van der Waals surface area contributed by atoms with Gasteiger partial charge in [-0.1, -0.05) is 25.0 Å². The van der Waals surface area contributed by atoms with Crippen LogP contribution in [0.2, 0.25) is 0 Å². The van der Waals surface area contributed by atoms with Gasteiger partial charge in [0.05, 0.1) is 6.10 Å². The van der Waals surface area contributed by atoms with Gasteiger partial charge in [0.25, 0.3) is 0 Å². The molecule has 1 aromatic carbocycles. The standard InChI is InChI=1S/C16H23NO/c1-12(18)10-13-6-7-16-14(11-13)8-9-17(16)15-4-2-3-5-15/h6-7,11-12,15,18H,2-5,8-10H2,1H3. The van der Waals surface area contributed by atoms with E-state index in [0.717, 1.165) is 12.5 Å². The quantitative estimate of drug-likeness (QED) is 0.885. The Kier molecular flexibility index (Phi) is 3.29. The van der Waals surface area contributed by atoms with E-state index < -0.39 is 0 Å². The summed E-state index contributed by atoms with van der Waals surface area (Å²) in [5.41, 5.74) is 4.22. The molecule has 98 valence electrons. The topological polar surface area (TPSA) is 23.5 Å². The molecule has 1 unspecified atom stereocenters. The van der Waals surface area contributed by atoms with Crippen LogP contribution in [0.3, 0.4) is 0 Å². The Bertz CT molecular complexity index is 421. The maximum Gasteiger partial charge on any atom is 0.0552 e. The maximum atomic E-state index is 9.47. The van der Waals surface area contributed by atoms with Gasteiger partial charge >= 0.3 is 0 Å². The van der Waals surface area contributed by atoms with Crippen molar-refractivity contribution in [3.05, 3.63) is 29.3 Å². The van der Waals surface area contributed by atoms with Crippen LogP contribution in [0.25, 0.3) is 0 Å². The summed E-state index contributed by atoms with van der Waals surface area (Å²) in [5, 5.41) is 9.47. The molecule has 0 radical (unpaired) electrons. The van der Waals surface area contributed by atoms with Gasteiger partial charge in [-0.3, -0.25) is 0 Å². The van der Waals surface area contributed by atoms with Gasteiger partial charge in [0.15, 0.2) is 0 Å². The third-order valence-electron chi connectivity index (χ3n) is 4.37. The monoisotopic (exact) mass is 245 g/mol. The number of fused-ring (bicyclic) bond motifs is 1. The maximum absolute atomic E-state index is 9.47. The molecule has 1 aliphatic heterocycles. The molecule has 2 heteroatoms. The summed E-state index contributed by atoms with van der Waals surface area (Å²) in [6, 6.07) is 7.56. The van der Waals surface area contributed by atoms with E-state index in [0.29, 0.717) is 0 Å². The van der Waals surface area contributed by atoms with Gasteiger partial charge in [-0.2, -0.15) is 0 Å². The first kappa shape index (κ1) is 12.0. The fourth-order valence-electron chi connectivity index (χ4n) is 3.54. The van der Waals surface area contributed by atoms with Gasteiger partial charge in [-0.25, -0.2) is 0 Å². The van der Waals surface area contributed by atoms with Crippen molar-refractivity contribution in [3.8, 4) is 0 Å². The van der Waals surface area contributed by atoms with Crippen molar-refractivity contribution in [1.82, 2.24) is 0 Å². The highest BCUT2D eigenvalue weighted by Gasteiger charge is 2.28. The first-order valence-corrected chi connectivity index (χ1v) is 7.30. The molecule has 1 heterocycles. The van der Waals surface area contributed by atoms with Crippen LogP contribution in [0.1, 0.15) is 43.7 Å². The lowest BCUT2D eigenvalue weighted by Crippen LogP contribution is -2.31. The Morgan fingerprint density at radius 1 is 1.33 bits per heavy atom. The number of hydrogen-bond acceptors (Lipinski definition) is 2. The summed E-state index contributed by atoms with van der Waals surface area (Å²) in [4.78, 5) is 2.62. The minimum atomic E-state index is -0.240. The molecule has 2 nitrogen and oxygen atoms in total. The number of hydrogen-bond donors (Lipinski definition) is 1. The van der Waals surface area contributed by atoms with Crippen LogP contribution in [-0.4, -0.2) is 23.8 Å². The molecule has 0 bridgehead atoms. The molecule has 0 amide bonds. The predicted molar refractivity (Wildman–Crippen MR) is 75.1 cm³/mol. The summed E-state index contributed by atoms with van der Waals surface area (Å²) < 4.78 is 0. The Balaban J connectivity index is 1.80. The number of nitrogens with zero attached hydrogens (tertiary/aromatic N) is 1. The average molecular weight is 245 g/mol. The van der Waals surface area contributed by atoms with Crippen molar-refractivity contribution >= 4 is 5.69 Å². The zero-order chi connectivity index (χ0) is 12.5. The summed E-state index contributed by atoms with van der Waals surface area (Å²) >= 11 is 0. The van der Waals surface area contributed by atoms with Gasteiger partial charge in [0.1, 0.15) is 0 Å². The predicted octanol–water partition coefficient (Wildman–Crippen LogP) is 2.92. The number of benzene rings is 1. The van der Waals surface area contributed by atoms with Gasteiger partial charge in [-0.05, 0) is 49.8 Å². The van der Waals surface area contributed by atoms with Crippen molar-refractivity contribution in [2.45, 2.75) is 57.6 Å². The SMILES string of the molecule is CC(O)Cc1ccc2c(c1)CCN2C1CCCC1. The molecule has 1 aromatic rings.